The molecule has 2 heterocycles. The molecule has 1 amide bonds. The predicted octanol–water partition coefficient (Wildman–Crippen LogP) is 4.43. The van der Waals surface area contributed by atoms with Gasteiger partial charge in [-0.3, -0.25) is 4.79 Å². The van der Waals surface area contributed by atoms with E-state index in [9.17, 15) is 9.59 Å². The van der Waals surface area contributed by atoms with Crippen LogP contribution in [0.15, 0.2) is 82.0 Å². The van der Waals surface area contributed by atoms with Crippen LogP contribution in [-0.2, 0) is 0 Å². The topological polar surface area (TPSA) is 90.0 Å². The summed E-state index contributed by atoms with van der Waals surface area (Å²) >= 11 is 6.03. The molecule has 0 aliphatic heterocycles. The van der Waals surface area contributed by atoms with E-state index in [-0.39, 0.29) is 5.56 Å². The lowest BCUT2D eigenvalue weighted by atomic mass is 10.1. The SMILES string of the molecule is O=C(Nc1ccc2nn(-c3cccc(Cl)c3)nc2c1)c1cc2ccccc2oc1=O. The fraction of sp³-hybridized carbons (Fsp3) is 0. The molecule has 5 aromatic rings. The van der Waals surface area contributed by atoms with Crippen molar-refractivity contribution in [2.75, 3.05) is 5.32 Å². The highest BCUT2D eigenvalue weighted by molar-refractivity contribution is 6.30. The maximum Gasteiger partial charge on any atom is 0.349 e. The number of hydrogen-bond acceptors (Lipinski definition) is 5. The van der Waals surface area contributed by atoms with Crippen molar-refractivity contribution >= 4 is 45.2 Å². The zero-order chi connectivity index (χ0) is 20.7. The number of fused-ring (bicyclic) bond motifs is 2. The average Bonchev–Trinajstić information content (AvgIpc) is 3.16. The van der Waals surface area contributed by atoms with Gasteiger partial charge < -0.3 is 9.73 Å². The van der Waals surface area contributed by atoms with Crippen LogP contribution in [-0.4, -0.2) is 20.9 Å². The molecule has 0 atom stereocenters. The summed E-state index contributed by atoms with van der Waals surface area (Å²) < 4.78 is 5.23. The summed E-state index contributed by atoms with van der Waals surface area (Å²) in [5.74, 6) is -0.559. The molecule has 0 saturated heterocycles. The van der Waals surface area contributed by atoms with E-state index in [1.807, 2.05) is 12.1 Å². The summed E-state index contributed by atoms with van der Waals surface area (Å²) in [4.78, 5) is 26.3. The van der Waals surface area contributed by atoms with Gasteiger partial charge in [-0.1, -0.05) is 35.9 Å². The Balaban J connectivity index is 1.46. The van der Waals surface area contributed by atoms with E-state index >= 15 is 0 Å². The summed E-state index contributed by atoms with van der Waals surface area (Å²) in [6.07, 6.45) is 0. The molecule has 1 N–H and O–H groups in total. The lowest BCUT2D eigenvalue weighted by Gasteiger charge is -2.05. The first-order valence-electron chi connectivity index (χ1n) is 9.04. The molecule has 0 aliphatic carbocycles. The smallest absolute Gasteiger partial charge is 0.349 e. The van der Waals surface area contributed by atoms with Crippen LogP contribution < -0.4 is 10.9 Å². The molecule has 2 aromatic heterocycles. The Morgan fingerprint density at radius 1 is 0.933 bits per heavy atom. The van der Waals surface area contributed by atoms with Crippen LogP contribution in [0.25, 0.3) is 27.7 Å². The van der Waals surface area contributed by atoms with Gasteiger partial charge in [-0.25, -0.2) is 4.79 Å². The second-order valence-corrected chi connectivity index (χ2v) is 7.05. The van der Waals surface area contributed by atoms with Crippen LogP contribution in [0.4, 0.5) is 5.69 Å². The number of amides is 1. The van der Waals surface area contributed by atoms with Gasteiger partial charge >= 0.3 is 5.63 Å². The van der Waals surface area contributed by atoms with Crippen LogP contribution >= 0.6 is 11.6 Å². The Hall–Kier alpha value is -3.97. The van der Waals surface area contributed by atoms with Crippen molar-refractivity contribution in [3.8, 4) is 5.69 Å². The largest absolute Gasteiger partial charge is 0.422 e. The van der Waals surface area contributed by atoms with E-state index in [0.717, 1.165) is 5.69 Å². The molecule has 3 aromatic carbocycles. The van der Waals surface area contributed by atoms with Gasteiger partial charge in [0.05, 0.1) is 5.69 Å². The first-order chi connectivity index (χ1) is 14.6. The summed E-state index contributed by atoms with van der Waals surface area (Å²) in [7, 11) is 0. The second kappa shape index (κ2) is 7.13. The lowest BCUT2D eigenvalue weighted by Crippen LogP contribution is -2.20. The van der Waals surface area contributed by atoms with E-state index in [1.165, 1.54) is 10.9 Å². The van der Waals surface area contributed by atoms with Crippen molar-refractivity contribution in [3.63, 3.8) is 0 Å². The first-order valence-corrected chi connectivity index (χ1v) is 9.42. The number of halogens is 1. The number of hydrogen-bond donors (Lipinski definition) is 1. The Morgan fingerprint density at radius 2 is 1.77 bits per heavy atom. The molecule has 0 radical (unpaired) electrons. The van der Waals surface area contributed by atoms with Crippen molar-refractivity contribution in [2.45, 2.75) is 0 Å². The van der Waals surface area contributed by atoms with Crippen molar-refractivity contribution in [2.24, 2.45) is 0 Å². The van der Waals surface area contributed by atoms with E-state index in [4.69, 9.17) is 16.0 Å². The molecule has 0 saturated carbocycles. The lowest BCUT2D eigenvalue weighted by molar-refractivity contribution is 0.102. The summed E-state index contributed by atoms with van der Waals surface area (Å²) in [5.41, 5.74) is 2.10. The molecule has 30 heavy (non-hydrogen) atoms. The quantitative estimate of drug-likeness (QED) is 0.439. The number of carbonyl (C=O) groups excluding carboxylic acids is 1. The van der Waals surface area contributed by atoms with Crippen LogP contribution in [0, 0.1) is 0 Å². The number of aromatic nitrogens is 3. The van der Waals surface area contributed by atoms with Gasteiger partial charge in [0, 0.05) is 16.1 Å². The molecule has 0 bridgehead atoms. The predicted molar refractivity (Wildman–Crippen MR) is 114 cm³/mol. The summed E-state index contributed by atoms with van der Waals surface area (Å²) in [5, 5.41) is 12.8. The van der Waals surface area contributed by atoms with Gasteiger partial charge in [-0.05, 0) is 48.5 Å². The fourth-order valence-electron chi connectivity index (χ4n) is 3.13. The monoisotopic (exact) mass is 416 g/mol. The summed E-state index contributed by atoms with van der Waals surface area (Å²) in [6.45, 7) is 0. The van der Waals surface area contributed by atoms with Gasteiger partial charge in [0.2, 0.25) is 0 Å². The Bertz CT molecular complexity index is 1490. The highest BCUT2D eigenvalue weighted by Gasteiger charge is 2.15. The Kier molecular flexibility index (Phi) is 4.30. The number of rotatable bonds is 3. The summed E-state index contributed by atoms with van der Waals surface area (Å²) in [6, 6.07) is 20.8. The maximum absolute atomic E-state index is 12.7. The molecule has 0 aliphatic rings. The molecular formula is C22H13ClN4O3. The van der Waals surface area contributed by atoms with E-state index in [0.29, 0.717) is 32.7 Å². The van der Waals surface area contributed by atoms with Crippen LogP contribution in [0.2, 0.25) is 5.02 Å². The molecule has 0 fully saturated rings. The molecule has 7 nitrogen and oxygen atoms in total. The highest BCUT2D eigenvalue weighted by atomic mass is 35.5. The van der Waals surface area contributed by atoms with Gasteiger partial charge in [-0.15, -0.1) is 10.2 Å². The third kappa shape index (κ3) is 3.31. The Morgan fingerprint density at radius 3 is 2.63 bits per heavy atom. The number of para-hydroxylation sites is 1. The van der Waals surface area contributed by atoms with E-state index < -0.39 is 11.5 Å². The van der Waals surface area contributed by atoms with E-state index in [2.05, 4.69) is 15.5 Å². The zero-order valence-corrected chi connectivity index (χ0v) is 16.1. The molecule has 8 heteroatoms. The number of anilines is 1. The zero-order valence-electron chi connectivity index (χ0n) is 15.4. The molecule has 146 valence electrons. The second-order valence-electron chi connectivity index (χ2n) is 6.61. The average molecular weight is 417 g/mol. The third-order valence-corrected chi connectivity index (χ3v) is 4.80. The minimum atomic E-state index is -0.695. The van der Waals surface area contributed by atoms with Crippen molar-refractivity contribution < 1.29 is 9.21 Å². The van der Waals surface area contributed by atoms with Crippen molar-refractivity contribution in [1.82, 2.24) is 15.0 Å². The van der Waals surface area contributed by atoms with Crippen molar-refractivity contribution in [1.29, 1.82) is 0 Å². The minimum Gasteiger partial charge on any atom is -0.422 e. The van der Waals surface area contributed by atoms with Gasteiger partial charge in [0.25, 0.3) is 5.91 Å². The molecular weight excluding hydrogens is 404 g/mol. The number of carbonyl (C=O) groups is 1. The van der Waals surface area contributed by atoms with E-state index in [1.54, 1.807) is 54.6 Å². The fourth-order valence-corrected chi connectivity index (χ4v) is 3.31. The number of nitrogens with one attached hydrogen (secondary N) is 1. The first kappa shape index (κ1) is 18.1. The highest BCUT2D eigenvalue weighted by Crippen LogP contribution is 2.20. The van der Waals surface area contributed by atoms with Crippen LogP contribution in [0.1, 0.15) is 10.4 Å². The molecule has 5 rings (SSSR count). The van der Waals surface area contributed by atoms with Gasteiger partial charge in [0.15, 0.2) is 0 Å². The Labute approximate surface area is 174 Å². The van der Waals surface area contributed by atoms with Crippen molar-refractivity contribution in [3.05, 3.63) is 93.8 Å². The van der Waals surface area contributed by atoms with Crippen LogP contribution in [0.3, 0.4) is 0 Å². The molecule has 0 unspecified atom stereocenters. The third-order valence-electron chi connectivity index (χ3n) is 4.56. The minimum absolute atomic E-state index is 0.0728. The number of nitrogens with zero attached hydrogens (tertiary/aromatic N) is 3. The normalized spacial score (nSPS) is 11.1. The van der Waals surface area contributed by atoms with Crippen LogP contribution in [0.5, 0.6) is 0 Å². The standard InChI is InChI=1S/C22H13ClN4O3/c23-14-5-3-6-16(11-14)27-25-18-9-8-15(12-19(18)26-27)24-21(28)17-10-13-4-1-2-7-20(13)30-22(17)29/h1-12H,(H,24,28). The van der Waals surface area contributed by atoms with Gasteiger partial charge in [0.1, 0.15) is 22.2 Å². The van der Waals surface area contributed by atoms with Gasteiger partial charge in [-0.2, -0.15) is 4.80 Å². The molecule has 0 spiro atoms. The number of benzene rings is 3. The maximum atomic E-state index is 12.7.